The Labute approximate surface area is 152 Å². The minimum Gasteiger partial charge on any atom is -0.384 e. The molecule has 1 fully saturated rings. The van der Waals surface area contributed by atoms with Gasteiger partial charge in [-0.25, -0.2) is 9.97 Å². The molecule has 1 aliphatic heterocycles. The van der Waals surface area contributed by atoms with Crippen molar-refractivity contribution < 1.29 is 4.92 Å². The van der Waals surface area contributed by atoms with E-state index in [0.717, 1.165) is 38.4 Å². The van der Waals surface area contributed by atoms with Crippen LogP contribution in [0.1, 0.15) is 6.92 Å². The van der Waals surface area contributed by atoms with E-state index in [2.05, 4.69) is 32.0 Å². The van der Waals surface area contributed by atoms with Gasteiger partial charge in [0.05, 0.1) is 10.5 Å². The number of aromatic nitrogens is 2. The second-order valence-corrected chi connectivity index (χ2v) is 6.13. The van der Waals surface area contributed by atoms with Gasteiger partial charge in [0.1, 0.15) is 11.6 Å². The first-order valence-electron chi connectivity index (χ1n) is 8.60. The van der Waals surface area contributed by atoms with Crippen LogP contribution in [0.25, 0.3) is 11.4 Å². The van der Waals surface area contributed by atoms with Crippen LogP contribution in [0.5, 0.6) is 0 Å². The molecule has 0 atom stereocenters. The van der Waals surface area contributed by atoms with Crippen LogP contribution in [0.3, 0.4) is 0 Å². The predicted octanol–water partition coefficient (Wildman–Crippen LogP) is 1.82. The normalized spacial score (nSPS) is 15.1. The van der Waals surface area contributed by atoms with Crippen molar-refractivity contribution >= 4 is 23.0 Å². The van der Waals surface area contributed by atoms with E-state index in [9.17, 15) is 10.1 Å². The molecule has 3 N–H and O–H groups in total. The number of rotatable bonds is 5. The number of nitrogens with one attached hydrogen (secondary N) is 1. The van der Waals surface area contributed by atoms with E-state index in [4.69, 9.17) is 5.73 Å². The van der Waals surface area contributed by atoms with Crippen molar-refractivity contribution in [3.05, 3.63) is 34.4 Å². The predicted molar refractivity (Wildman–Crippen MR) is 102 cm³/mol. The standard InChI is InChI=1S/C17H23N7O2/c1-3-22-6-8-23(9-7-22)12-4-5-13(14(10-12)24(25)26)17-20-15(18)11-16(19-2)21-17/h4-5,10-11H,3,6-9H2,1-2H3,(H3,18,19,20,21). The fourth-order valence-electron chi connectivity index (χ4n) is 3.09. The first kappa shape index (κ1) is 17.9. The van der Waals surface area contributed by atoms with E-state index in [0.29, 0.717) is 11.4 Å². The van der Waals surface area contributed by atoms with Gasteiger partial charge in [0.15, 0.2) is 5.82 Å². The van der Waals surface area contributed by atoms with Crippen LogP contribution in [0.2, 0.25) is 0 Å². The summed E-state index contributed by atoms with van der Waals surface area (Å²) >= 11 is 0. The minimum absolute atomic E-state index is 0.0203. The number of nitro benzene ring substituents is 1. The maximum Gasteiger partial charge on any atom is 0.282 e. The van der Waals surface area contributed by atoms with Gasteiger partial charge in [0.25, 0.3) is 5.69 Å². The van der Waals surface area contributed by atoms with E-state index in [-0.39, 0.29) is 17.3 Å². The summed E-state index contributed by atoms with van der Waals surface area (Å²) in [6.07, 6.45) is 0. The lowest BCUT2D eigenvalue weighted by atomic mass is 10.1. The third-order valence-corrected chi connectivity index (χ3v) is 4.61. The Balaban J connectivity index is 1.95. The summed E-state index contributed by atoms with van der Waals surface area (Å²) in [5.41, 5.74) is 6.98. The van der Waals surface area contributed by atoms with Crippen LogP contribution in [-0.2, 0) is 0 Å². The molecule has 0 amide bonds. The molecule has 2 aromatic rings. The summed E-state index contributed by atoms with van der Waals surface area (Å²) in [5.74, 6) is 1.01. The molecule has 0 unspecified atom stereocenters. The van der Waals surface area contributed by atoms with Crippen molar-refractivity contribution in [2.45, 2.75) is 6.92 Å². The number of piperazine rings is 1. The molecular weight excluding hydrogens is 334 g/mol. The molecule has 0 saturated carbocycles. The van der Waals surface area contributed by atoms with Gasteiger partial charge in [-0.3, -0.25) is 10.1 Å². The second kappa shape index (κ2) is 7.52. The number of hydrogen-bond acceptors (Lipinski definition) is 8. The third kappa shape index (κ3) is 3.67. The average Bonchev–Trinajstić information content (AvgIpc) is 2.67. The van der Waals surface area contributed by atoms with Crippen molar-refractivity contribution in [3.63, 3.8) is 0 Å². The largest absolute Gasteiger partial charge is 0.384 e. The number of nitro groups is 1. The molecule has 2 heterocycles. The van der Waals surface area contributed by atoms with Crippen molar-refractivity contribution in [2.24, 2.45) is 0 Å². The summed E-state index contributed by atoms with van der Waals surface area (Å²) in [6, 6.07) is 6.77. The molecule has 0 spiro atoms. The Morgan fingerprint density at radius 2 is 1.96 bits per heavy atom. The SMILES string of the molecule is CCN1CCN(c2ccc(-c3nc(N)cc(NC)n3)c([N+](=O)[O-])c2)CC1. The highest BCUT2D eigenvalue weighted by Gasteiger charge is 2.23. The fourth-order valence-corrected chi connectivity index (χ4v) is 3.09. The number of benzene rings is 1. The Hall–Kier alpha value is -2.94. The van der Waals surface area contributed by atoms with Crippen molar-refractivity contribution in [3.8, 4) is 11.4 Å². The van der Waals surface area contributed by atoms with Crippen LogP contribution in [0.15, 0.2) is 24.3 Å². The average molecular weight is 357 g/mol. The summed E-state index contributed by atoms with van der Waals surface area (Å²) in [7, 11) is 1.71. The molecule has 1 aromatic carbocycles. The van der Waals surface area contributed by atoms with E-state index in [1.807, 2.05) is 6.07 Å². The zero-order valence-corrected chi connectivity index (χ0v) is 15.0. The van der Waals surface area contributed by atoms with Gasteiger partial charge in [0, 0.05) is 51.0 Å². The highest BCUT2D eigenvalue weighted by molar-refractivity contribution is 5.74. The maximum atomic E-state index is 11.6. The lowest BCUT2D eigenvalue weighted by Crippen LogP contribution is -2.46. The van der Waals surface area contributed by atoms with Crippen LogP contribution >= 0.6 is 0 Å². The van der Waals surface area contributed by atoms with Gasteiger partial charge < -0.3 is 20.9 Å². The van der Waals surface area contributed by atoms with Crippen LogP contribution in [-0.4, -0.2) is 59.6 Å². The molecule has 0 radical (unpaired) electrons. The monoisotopic (exact) mass is 357 g/mol. The highest BCUT2D eigenvalue weighted by Crippen LogP contribution is 2.33. The van der Waals surface area contributed by atoms with Gasteiger partial charge in [-0.2, -0.15) is 0 Å². The van der Waals surface area contributed by atoms with E-state index >= 15 is 0 Å². The Morgan fingerprint density at radius 1 is 1.23 bits per heavy atom. The van der Waals surface area contributed by atoms with E-state index < -0.39 is 4.92 Å². The lowest BCUT2D eigenvalue weighted by Gasteiger charge is -2.35. The topological polar surface area (TPSA) is 113 Å². The molecule has 26 heavy (non-hydrogen) atoms. The van der Waals surface area contributed by atoms with Gasteiger partial charge >= 0.3 is 0 Å². The molecule has 0 aliphatic carbocycles. The minimum atomic E-state index is -0.396. The molecule has 138 valence electrons. The van der Waals surface area contributed by atoms with E-state index in [1.165, 1.54) is 0 Å². The molecule has 3 rings (SSSR count). The van der Waals surface area contributed by atoms with Crippen molar-refractivity contribution in [1.29, 1.82) is 0 Å². The van der Waals surface area contributed by atoms with Gasteiger partial charge in [-0.15, -0.1) is 0 Å². The number of nitrogen functional groups attached to an aromatic ring is 1. The third-order valence-electron chi connectivity index (χ3n) is 4.61. The highest BCUT2D eigenvalue weighted by atomic mass is 16.6. The van der Waals surface area contributed by atoms with Gasteiger partial charge in [0.2, 0.25) is 0 Å². The number of hydrogen-bond donors (Lipinski definition) is 2. The first-order valence-corrected chi connectivity index (χ1v) is 8.60. The fraction of sp³-hybridized carbons (Fsp3) is 0.412. The van der Waals surface area contributed by atoms with Crippen molar-refractivity contribution in [2.75, 3.05) is 55.7 Å². The molecule has 1 aromatic heterocycles. The summed E-state index contributed by atoms with van der Waals surface area (Å²) in [6.45, 7) is 6.77. The Bertz CT molecular complexity index is 804. The quantitative estimate of drug-likeness (QED) is 0.615. The molecule has 1 saturated heterocycles. The smallest absolute Gasteiger partial charge is 0.282 e. The number of likely N-dealkylation sites (N-methyl/N-ethyl adjacent to an activating group) is 1. The molecule has 1 aliphatic rings. The van der Waals surface area contributed by atoms with Crippen molar-refractivity contribution in [1.82, 2.24) is 14.9 Å². The summed E-state index contributed by atoms with van der Waals surface area (Å²) in [4.78, 5) is 24.2. The summed E-state index contributed by atoms with van der Waals surface area (Å²) < 4.78 is 0. The number of nitrogens with zero attached hydrogens (tertiary/aromatic N) is 5. The van der Waals surface area contributed by atoms with Gasteiger partial charge in [-0.05, 0) is 18.7 Å². The number of nitrogens with two attached hydrogens (primary N) is 1. The number of anilines is 3. The maximum absolute atomic E-state index is 11.6. The molecule has 9 heteroatoms. The Kier molecular flexibility index (Phi) is 5.17. The first-order chi connectivity index (χ1) is 12.5. The Morgan fingerprint density at radius 3 is 2.58 bits per heavy atom. The zero-order chi connectivity index (χ0) is 18.7. The van der Waals surface area contributed by atoms with Gasteiger partial charge in [-0.1, -0.05) is 6.92 Å². The summed E-state index contributed by atoms with van der Waals surface area (Å²) in [5, 5.41) is 14.5. The van der Waals surface area contributed by atoms with Crippen LogP contribution in [0, 0.1) is 10.1 Å². The van der Waals surface area contributed by atoms with Crippen LogP contribution < -0.4 is 16.0 Å². The lowest BCUT2D eigenvalue weighted by molar-refractivity contribution is -0.384. The molecular formula is C17H23N7O2. The molecule has 9 nitrogen and oxygen atoms in total. The second-order valence-electron chi connectivity index (χ2n) is 6.13. The van der Waals surface area contributed by atoms with Crippen LogP contribution in [0.4, 0.5) is 23.0 Å². The zero-order valence-electron chi connectivity index (χ0n) is 15.0. The van der Waals surface area contributed by atoms with E-state index in [1.54, 1.807) is 25.2 Å². The molecule has 0 bridgehead atoms.